The van der Waals surface area contributed by atoms with Crippen molar-refractivity contribution in [1.82, 2.24) is 16.0 Å². The number of amides is 2. The molecule has 0 aromatic rings. The van der Waals surface area contributed by atoms with Crippen LogP contribution in [0, 0.1) is 5.92 Å². The second-order valence-corrected chi connectivity index (χ2v) is 8.31. The largest absolute Gasteiger partial charge is 0.370 e. The summed E-state index contributed by atoms with van der Waals surface area (Å²) in [5.74, 6) is -0.637. The lowest BCUT2D eigenvalue weighted by Crippen LogP contribution is -2.55. The molecule has 190 valence electrons. The van der Waals surface area contributed by atoms with Crippen molar-refractivity contribution in [3.63, 3.8) is 0 Å². The molecular formula is C21H43N9O3. The van der Waals surface area contributed by atoms with Crippen LogP contribution in [0.15, 0.2) is 9.98 Å². The van der Waals surface area contributed by atoms with Crippen LogP contribution in [0.5, 0.6) is 0 Å². The lowest BCUT2D eigenvalue weighted by atomic mass is 10.00. The van der Waals surface area contributed by atoms with Gasteiger partial charge < -0.3 is 38.9 Å². The van der Waals surface area contributed by atoms with E-state index in [9.17, 15) is 14.4 Å². The van der Waals surface area contributed by atoms with Crippen LogP contribution in [0.2, 0.25) is 0 Å². The van der Waals surface area contributed by atoms with Crippen LogP contribution >= 0.6 is 0 Å². The summed E-state index contributed by atoms with van der Waals surface area (Å²) < 4.78 is 0. The third-order valence-electron chi connectivity index (χ3n) is 4.95. The van der Waals surface area contributed by atoms with Gasteiger partial charge in [-0.2, -0.15) is 0 Å². The molecule has 11 N–H and O–H groups in total. The first kappa shape index (κ1) is 30.1. The third kappa shape index (κ3) is 14.0. The molecule has 0 saturated carbocycles. The molecule has 2 amide bonds. The van der Waals surface area contributed by atoms with Crippen LogP contribution in [-0.2, 0) is 14.4 Å². The molecular weight excluding hydrogens is 426 g/mol. The van der Waals surface area contributed by atoms with Gasteiger partial charge in [-0.3, -0.25) is 24.4 Å². The SMILES string of the molecule is CCC(=O)[C@H](CCCN=C(N)N)NC(=O)[C@H](CC(C)C)NC(=O)[C@H](CCCN=C(N)N)NC. The summed E-state index contributed by atoms with van der Waals surface area (Å²) in [5.41, 5.74) is 21.3. The number of carbonyl (C=O) groups excluding carboxylic acids is 3. The van der Waals surface area contributed by atoms with Gasteiger partial charge in [0.15, 0.2) is 17.7 Å². The molecule has 0 fully saturated rings. The van der Waals surface area contributed by atoms with Crippen molar-refractivity contribution in [2.45, 2.75) is 77.4 Å². The standard InChI is InChI=1S/C21H43N9O3/c1-5-17(31)14(8-6-10-27-20(22)23)29-19(33)16(12-13(2)3)30-18(32)15(26-4)9-7-11-28-21(24)25/h13-16,26H,5-12H2,1-4H3,(H,29,33)(H,30,32)(H4,22,23,27)(H4,24,25,28)/t14-,15-,16-/m0/s1. The van der Waals surface area contributed by atoms with Gasteiger partial charge in [0.25, 0.3) is 0 Å². The first-order chi connectivity index (χ1) is 15.5. The highest BCUT2D eigenvalue weighted by Gasteiger charge is 2.28. The van der Waals surface area contributed by atoms with E-state index in [2.05, 4.69) is 25.9 Å². The Morgan fingerprint density at radius 2 is 1.24 bits per heavy atom. The molecule has 0 unspecified atom stereocenters. The highest BCUT2D eigenvalue weighted by molar-refractivity contribution is 5.93. The number of ketones is 1. The third-order valence-corrected chi connectivity index (χ3v) is 4.95. The topological polar surface area (TPSA) is 216 Å². The first-order valence-corrected chi connectivity index (χ1v) is 11.4. The predicted molar refractivity (Wildman–Crippen MR) is 131 cm³/mol. The Morgan fingerprint density at radius 3 is 1.67 bits per heavy atom. The Hall–Kier alpha value is -2.89. The van der Waals surface area contributed by atoms with E-state index in [1.165, 1.54) is 0 Å². The number of nitrogens with two attached hydrogens (primary N) is 4. The second kappa shape index (κ2) is 16.7. The Kier molecular flexibility index (Phi) is 15.2. The summed E-state index contributed by atoms with van der Waals surface area (Å²) in [6, 6.07) is -1.94. The van der Waals surface area contributed by atoms with E-state index in [-0.39, 0.29) is 41.9 Å². The summed E-state index contributed by atoms with van der Waals surface area (Å²) >= 11 is 0. The van der Waals surface area contributed by atoms with Crippen LogP contribution < -0.4 is 38.9 Å². The van der Waals surface area contributed by atoms with Gasteiger partial charge in [-0.15, -0.1) is 0 Å². The Bertz CT molecular complexity index is 672. The average molecular weight is 470 g/mol. The van der Waals surface area contributed by atoms with Crippen LogP contribution in [-0.4, -0.2) is 67.8 Å². The Labute approximate surface area is 196 Å². The zero-order chi connectivity index (χ0) is 25.4. The molecule has 12 nitrogen and oxygen atoms in total. The van der Waals surface area contributed by atoms with Crippen molar-refractivity contribution in [1.29, 1.82) is 0 Å². The van der Waals surface area contributed by atoms with E-state index < -0.39 is 18.1 Å². The first-order valence-electron chi connectivity index (χ1n) is 11.4. The summed E-state index contributed by atoms with van der Waals surface area (Å²) in [6.45, 7) is 6.43. The van der Waals surface area contributed by atoms with E-state index >= 15 is 0 Å². The molecule has 0 radical (unpaired) electrons. The normalized spacial score (nSPS) is 13.5. The lowest BCUT2D eigenvalue weighted by Gasteiger charge is -2.25. The van der Waals surface area contributed by atoms with E-state index in [1.807, 2.05) is 13.8 Å². The van der Waals surface area contributed by atoms with Crippen molar-refractivity contribution >= 4 is 29.5 Å². The number of hydrogen-bond acceptors (Lipinski definition) is 6. The van der Waals surface area contributed by atoms with Crippen molar-refractivity contribution in [3.8, 4) is 0 Å². The van der Waals surface area contributed by atoms with Gasteiger partial charge in [-0.05, 0) is 45.1 Å². The highest BCUT2D eigenvalue weighted by Crippen LogP contribution is 2.09. The smallest absolute Gasteiger partial charge is 0.243 e. The maximum Gasteiger partial charge on any atom is 0.243 e. The molecule has 0 aromatic heterocycles. The van der Waals surface area contributed by atoms with Gasteiger partial charge in [0.2, 0.25) is 11.8 Å². The predicted octanol–water partition coefficient (Wildman–Crippen LogP) is -1.32. The minimum absolute atomic E-state index is 0.00334. The molecule has 3 atom stereocenters. The molecule has 0 saturated heterocycles. The van der Waals surface area contributed by atoms with E-state index in [0.29, 0.717) is 45.2 Å². The quantitative estimate of drug-likeness (QED) is 0.0767. The number of aliphatic imine (C=N–C) groups is 2. The summed E-state index contributed by atoms with van der Waals surface area (Å²) in [5, 5.41) is 8.59. The zero-order valence-electron chi connectivity index (χ0n) is 20.4. The molecule has 0 spiro atoms. The molecule has 12 heteroatoms. The maximum absolute atomic E-state index is 13.0. The monoisotopic (exact) mass is 469 g/mol. The van der Waals surface area contributed by atoms with Crippen molar-refractivity contribution in [3.05, 3.63) is 0 Å². The maximum atomic E-state index is 13.0. The van der Waals surface area contributed by atoms with Gasteiger partial charge in [-0.1, -0.05) is 20.8 Å². The zero-order valence-corrected chi connectivity index (χ0v) is 20.4. The molecule has 0 aromatic carbocycles. The molecule has 0 aliphatic carbocycles. The fourth-order valence-corrected chi connectivity index (χ4v) is 3.22. The Balaban J connectivity index is 5.16. The molecule has 0 rings (SSSR count). The number of likely N-dealkylation sites (N-methyl/N-ethyl adjacent to an activating group) is 1. The number of nitrogens with one attached hydrogen (secondary N) is 3. The average Bonchev–Trinajstić information content (AvgIpc) is 2.73. The van der Waals surface area contributed by atoms with E-state index in [4.69, 9.17) is 22.9 Å². The van der Waals surface area contributed by atoms with Crippen LogP contribution in [0.25, 0.3) is 0 Å². The summed E-state index contributed by atoms with van der Waals surface area (Å²) in [4.78, 5) is 46.0. The minimum Gasteiger partial charge on any atom is -0.370 e. The Morgan fingerprint density at radius 1 is 0.788 bits per heavy atom. The molecule has 0 heterocycles. The molecule has 0 bridgehead atoms. The van der Waals surface area contributed by atoms with Gasteiger partial charge in [0.1, 0.15) is 6.04 Å². The van der Waals surface area contributed by atoms with Crippen molar-refractivity contribution < 1.29 is 14.4 Å². The summed E-state index contributed by atoms with van der Waals surface area (Å²) in [7, 11) is 1.68. The summed E-state index contributed by atoms with van der Waals surface area (Å²) in [6.07, 6.45) is 2.75. The molecule has 0 aliphatic rings. The fraction of sp³-hybridized carbons (Fsp3) is 0.762. The minimum atomic E-state index is -0.768. The van der Waals surface area contributed by atoms with Gasteiger partial charge in [-0.25, -0.2) is 0 Å². The molecule has 33 heavy (non-hydrogen) atoms. The fourth-order valence-electron chi connectivity index (χ4n) is 3.22. The number of hydrogen-bond donors (Lipinski definition) is 7. The highest BCUT2D eigenvalue weighted by atomic mass is 16.2. The van der Waals surface area contributed by atoms with Gasteiger partial charge >= 0.3 is 0 Å². The van der Waals surface area contributed by atoms with Crippen LogP contribution in [0.3, 0.4) is 0 Å². The van der Waals surface area contributed by atoms with Crippen LogP contribution in [0.1, 0.15) is 59.3 Å². The molecule has 0 aliphatic heterocycles. The van der Waals surface area contributed by atoms with Gasteiger partial charge in [0, 0.05) is 19.5 Å². The van der Waals surface area contributed by atoms with Crippen LogP contribution in [0.4, 0.5) is 0 Å². The number of carbonyl (C=O) groups is 3. The number of guanidine groups is 2. The second-order valence-electron chi connectivity index (χ2n) is 8.31. The number of rotatable bonds is 17. The number of Topliss-reactive ketones (excluding diaryl/α,β-unsaturated/α-hetero) is 1. The van der Waals surface area contributed by atoms with Crippen molar-refractivity contribution in [2.75, 3.05) is 20.1 Å². The van der Waals surface area contributed by atoms with E-state index in [1.54, 1.807) is 14.0 Å². The van der Waals surface area contributed by atoms with E-state index in [0.717, 1.165) is 0 Å². The van der Waals surface area contributed by atoms with Crippen molar-refractivity contribution in [2.24, 2.45) is 38.8 Å². The number of nitrogens with zero attached hydrogens (tertiary/aromatic N) is 2. The van der Waals surface area contributed by atoms with Gasteiger partial charge in [0.05, 0.1) is 12.1 Å². The lowest BCUT2D eigenvalue weighted by molar-refractivity contribution is -0.132.